The first-order valence-corrected chi connectivity index (χ1v) is 5.13. The van der Waals surface area contributed by atoms with E-state index >= 15 is 0 Å². The summed E-state index contributed by atoms with van der Waals surface area (Å²) >= 11 is 11.7. The molecule has 0 amide bonds. The zero-order valence-electron chi connectivity index (χ0n) is 8.13. The molecule has 0 aliphatic heterocycles. The Balaban J connectivity index is 2.76. The summed E-state index contributed by atoms with van der Waals surface area (Å²) in [5, 5.41) is 1.15. The highest BCUT2D eigenvalue weighted by Crippen LogP contribution is 2.28. The van der Waals surface area contributed by atoms with E-state index in [1.165, 1.54) is 0 Å². The molecule has 1 aromatic rings. The monoisotopic (exact) mass is 230 g/mol. The molecule has 1 rings (SSSR count). The van der Waals surface area contributed by atoms with Gasteiger partial charge in [-0.3, -0.25) is 0 Å². The topological polar surface area (TPSA) is 9.23 Å². The molecule has 1 nitrogen and oxygen atoms in total. The Kier molecular flexibility index (Phi) is 4.30. The van der Waals surface area contributed by atoms with Crippen molar-refractivity contribution >= 4 is 23.2 Å². The van der Waals surface area contributed by atoms with Gasteiger partial charge >= 0.3 is 0 Å². The van der Waals surface area contributed by atoms with E-state index < -0.39 is 0 Å². The van der Waals surface area contributed by atoms with E-state index in [2.05, 4.69) is 0 Å². The Morgan fingerprint density at radius 2 is 2.07 bits per heavy atom. The van der Waals surface area contributed by atoms with Gasteiger partial charge in [-0.25, -0.2) is 0 Å². The van der Waals surface area contributed by atoms with E-state index in [1.807, 2.05) is 26.0 Å². The molecule has 14 heavy (non-hydrogen) atoms. The number of halogens is 2. The fourth-order valence-electron chi connectivity index (χ4n) is 1.08. The lowest BCUT2D eigenvalue weighted by Crippen LogP contribution is -2.07. The third kappa shape index (κ3) is 3.24. The van der Waals surface area contributed by atoms with Gasteiger partial charge in [0.25, 0.3) is 0 Å². The SMILES string of the molecule is C/C=C/C(C)Oc1ccc(Cl)cc1Cl. The smallest absolute Gasteiger partial charge is 0.138 e. The molecule has 1 aromatic carbocycles. The Bertz CT molecular complexity index is 334. The van der Waals surface area contributed by atoms with E-state index in [9.17, 15) is 0 Å². The molecule has 0 bridgehead atoms. The first kappa shape index (κ1) is 11.4. The maximum Gasteiger partial charge on any atom is 0.138 e. The minimum atomic E-state index is 0.0127. The lowest BCUT2D eigenvalue weighted by Gasteiger charge is -2.12. The second-order valence-corrected chi connectivity index (χ2v) is 3.77. The second kappa shape index (κ2) is 5.28. The second-order valence-electron chi connectivity index (χ2n) is 2.92. The van der Waals surface area contributed by atoms with Crippen molar-refractivity contribution in [3.63, 3.8) is 0 Å². The Morgan fingerprint density at radius 1 is 1.36 bits per heavy atom. The molecule has 0 fully saturated rings. The summed E-state index contributed by atoms with van der Waals surface area (Å²) in [7, 11) is 0. The van der Waals surface area contributed by atoms with E-state index in [1.54, 1.807) is 18.2 Å². The first-order valence-electron chi connectivity index (χ1n) is 4.38. The average molecular weight is 231 g/mol. The van der Waals surface area contributed by atoms with E-state index in [0.717, 1.165) is 0 Å². The fraction of sp³-hybridized carbons (Fsp3) is 0.273. The van der Waals surface area contributed by atoms with E-state index in [4.69, 9.17) is 27.9 Å². The van der Waals surface area contributed by atoms with Gasteiger partial charge in [0, 0.05) is 5.02 Å². The molecule has 3 heteroatoms. The predicted octanol–water partition coefficient (Wildman–Crippen LogP) is 4.34. The summed E-state index contributed by atoms with van der Waals surface area (Å²) in [5.41, 5.74) is 0. The molecule has 0 saturated carbocycles. The van der Waals surface area contributed by atoms with Crippen LogP contribution < -0.4 is 4.74 Å². The molecule has 0 N–H and O–H groups in total. The van der Waals surface area contributed by atoms with Crippen molar-refractivity contribution < 1.29 is 4.74 Å². The minimum absolute atomic E-state index is 0.0127. The molecule has 0 aromatic heterocycles. The molecule has 0 aliphatic carbocycles. The van der Waals surface area contributed by atoms with Gasteiger partial charge in [-0.1, -0.05) is 29.3 Å². The number of benzene rings is 1. The normalized spacial score (nSPS) is 13.1. The van der Waals surface area contributed by atoms with Crippen molar-refractivity contribution in [2.45, 2.75) is 20.0 Å². The lowest BCUT2D eigenvalue weighted by atomic mass is 10.3. The maximum absolute atomic E-state index is 5.94. The number of hydrogen-bond acceptors (Lipinski definition) is 1. The molecular formula is C11H12Cl2O. The highest BCUT2D eigenvalue weighted by molar-refractivity contribution is 6.35. The molecule has 0 spiro atoms. The minimum Gasteiger partial charge on any atom is -0.485 e. The van der Waals surface area contributed by atoms with Crippen LogP contribution in [0, 0.1) is 0 Å². The van der Waals surface area contributed by atoms with Crippen LogP contribution in [0.3, 0.4) is 0 Å². The van der Waals surface area contributed by atoms with Gasteiger partial charge in [0.15, 0.2) is 0 Å². The van der Waals surface area contributed by atoms with Gasteiger partial charge in [0.2, 0.25) is 0 Å². The zero-order valence-corrected chi connectivity index (χ0v) is 9.64. The molecular weight excluding hydrogens is 219 g/mol. The molecule has 0 aliphatic rings. The third-order valence-corrected chi connectivity index (χ3v) is 2.20. The van der Waals surface area contributed by atoms with Crippen LogP contribution in [0.2, 0.25) is 10.0 Å². The van der Waals surface area contributed by atoms with Gasteiger partial charge in [-0.05, 0) is 38.1 Å². The van der Waals surface area contributed by atoms with Crippen LogP contribution in [0.1, 0.15) is 13.8 Å². The number of allylic oxidation sites excluding steroid dienone is 1. The van der Waals surface area contributed by atoms with Crippen LogP contribution in [0.5, 0.6) is 5.75 Å². The van der Waals surface area contributed by atoms with Gasteiger partial charge in [0.05, 0.1) is 5.02 Å². The summed E-state index contributed by atoms with van der Waals surface area (Å²) in [6, 6.07) is 5.19. The highest BCUT2D eigenvalue weighted by atomic mass is 35.5. The van der Waals surface area contributed by atoms with Crippen LogP contribution in [0.4, 0.5) is 0 Å². The summed E-state index contributed by atoms with van der Waals surface area (Å²) in [6.07, 6.45) is 3.90. The van der Waals surface area contributed by atoms with Crippen molar-refractivity contribution in [3.8, 4) is 5.75 Å². The van der Waals surface area contributed by atoms with Gasteiger partial charge in [-0.2, -0.15) is 0 Å². The predicted molar refractivity (Wildman–Crippen MR) is 61.4 cm³/mol. The van der Waals surface area contributed by atoms with Crippen LogP contribution >= 0.6 is 23.2 Å². The van der Waals surface area contributed by atoms with E-state index in [0.29, 0.717) is 15.8 Å². The van der Waals surface area contributed by atoms with Crippen molar-refractivity contribution in [2.24, 2.45) is 0 Å². The summed E-state index contributed by atoms with van der Waals surface area (Å²) < 4.78 is 5.56. The third-order valence-electron chi connectivity index (χ3n) is 1.67. The molecule has 76 valence electrons. The lowest BCUT2D eigenvalue weighted by molar-refractivity contribution is 0.270. The first-order chi connectivity index (χ1) is 6.63. The van der Waals surface area contributed by atoms with Gasteiger partial charge in [0.1, 0.15) is 11.9 Å². The summed E-state index contributed by atoms with van der Waals surface area (Å²) in [5.74, 6) is 0.654. The van der Waals surface area contributed by atoms with Crippen LogP contribution in [0.25, 0.3) is 0 Å². The molecule has 0 radical (unpaired) electrons. The zero-order chi connectivity index (χ0) is 10.6. The number of rotatable bonds is 3. The van der Waals surface area contributed by atoms with Crippen molar-refractivity contribution in [1.82, 2.24) is 0 Å². The molecule has 0 saturated heterocycles. The van der Waals surface area contributed by atoms with Gasteiger partial charge in [-0.15, -0.1) is 0 Å². The van der Waals surface area contributed by atoms with Crippen molar-refractivity contribution in [2.75, 3.05) is 0 Å². The maximum atomic E-state index is 5.94. The van der Waals surface area contributed by atoms with Crippen LogP contribution in [-0.4, -0.2) is 6.10 Å². The fourth-order valence-corrected chi connectivity index (χ4v) is 1.53. The van der Waals surface area contributed by atoms with Crippen molar-refractivity contribution in [3.05, 3.63) is 40.4 Å². The molecule has 1 atom stereocenters. The van der Waals surface area contributed by atoms with Crippen LogP contribution in [0.15, 0.2) is 30.4 Å². The Morgan fingerprint density at radius 3 is 2.64 bits per heavy atom. The average Bonchev–Trinajstić information content (AvgIpc) is 2.10. The Labute approximate surface area is 94.3 Å². The number of hydrogen-bond donors (Lipinski definition) is 0. The highest BCUT2D eigenvalue weighted by Gasteiger charge is 2.04. The molecule has 0 heterocycles. The van der Waals surface area contributed by atoms with E-state index in [-0.39, 0.29) is 6.10 Å². The van der Waals surface area contributed by atoms with Gasteiger partial charge < -0.3 is 4.74 Å². The quantitative estimate of drug-likeness (QED) is 0.703. The largest absolute Gasteiger partial charge is 0.485 e. The summed E-state index contributed by atoms with van der Waals surface area (Å²) in [6.45, 7) is 3.90. The van der Waals surface area contributed by atoms with Crippen LogP contribution in [-0.2, 0) is 0 Å². The van der Waals surface area contributed by atoms with Crippen molar-refractivity contribution in [1.29, 1.82) is 0 Å². The molecule has 1 unspecified atom stereocenters. The standard InChI is InChI=1S/C11H12Cl2O/c1-3-4-8(2)14-11-6-5-9(12)7-10(11)13/h3-8H,1-2H3/b4-3+. The number of ether oxygens (including phenoxy) is 1. The summed E-state index contributed by atoms with van der Waals surface area (Å²) in [4.78, 5) is 0. The Hall–Kier alpha value is -0.660.